The number of anilines is 1. The van der Waals surface area contributed by atoms with E-state index in [1.807, 2.05) is 0 Å². The SMILES string of the molecule is CC(C)N1C(=O)C(Nc2ccc(F)c(F)c2)=C(c2ccc(Cl)cc2)C1=O. The van der Waals surface area contributed by atoms with Gasteiger partial charge in [0.05, 0.1) is 5.57 Å². The summed E-state index contributed by atoms with van der Waals surface area (Å²) >= 11 is 5.89. The minimum absolute atomic E-state index is 0.0111. The Morgan fingerprint density at radius 1 is 0.962 bits per heavy atom. The third kappa shape index (κ3) is 3.20. The fourth-order valence-corrected chi connectivity index (χ4v) is 2.86. The third-order valence-corrected chi connectivity index (χ3v) is 4.21. The average molecular weight is 377 g/mol. The van der Waals surface area contributed by atoms with Crippen LogP contribution in [-0.4, -0.2) is 22.8 Å². The third-order valence-electron chi connectivity index (χ3n) is 3.95. The number of hydrogen-bond donors (Lipinski definition) is 1. The quantitative estimate of drug-likeness (QED) is 0.813. The van der Waals surface area contributed by atoms with Crippen LogP contribution in [0.3, 0.4) is 0 Å². The molecule has 1 aliphatic rings. The van der Waals surface area contributed by atoms with Crippen molar-refractivity contribution in [1.82, 2.24) is 4.90 Å². The molecule has 0 radical (unpaired) electrons. The van der Waals surface area contributed by atoms with Crippen molar-refractivity contribution < 1.29 is 18.4 Å². The summed E-state index contributed by atoms with van der Waals surface area (Å²) in [4.78, 5) is 26.7. The van der Waals surface area contributed by atoms with Gasteiger partial charge in [-0.15, -0.1) is 0 Å². The van der Waals surface area contributed by atoms with E-state index < -0.39 is 23.4 Å². The molecular weight excluding hydrogens is 362 g/mol. The minimum Gasteiger partial charge on any atom is -0.350 e. The van der Waals surface area contributed by atoms with Gasteiger partial charge in [0, 0.05) is 22.8 Å². The van der Waals surface area contributed by atoms with Gasteiger partial charge < -0.3 is 5.32 Å². The van der Waals surface area contributed by atoms with Crippen LogP contribution < -0.4 is 5.32 Å². The topological polar surface area (TPSA) is 49.4 Å². The summed E-state index contributed by atoms with van der Waals surface area (Å²) in [5.41, 5.74) is 0.834. The predicted molar refractivity (Wildman–Crippen MR) is 95.3 cm³/mol. The van der Waals surface area contributed by atoms with Gasteiger partial charge >= 0.3 is 0 Å². The van der Waals surface area contributed by atoms with Crippen LogP contribution in [0.25, 0.3) is 5.57 Å². The van der Waals surface area contributed by atoms with Gasteiger partial charge in [-0.1, -0.05) is 23.7 Å². The van der Waals surface area contributed by atoms with Crippen molar-refractivity contribution in [3.05, 3.63) is 70.4 Å². The summed E-state index contributed by atoms with van der Waals surface area (Å²) < 4.78 is 26.6. The Morgan fingerprint density at radius 3 is 2.19 bits per heavy atom. The Kier molecular flexibility index (Phi) is 4.78. The fourth-order valence-electron chi connectivity index (χ4n) is 2.73. The number of hydrogen-bond acceptors (Lipinski definition) is 3. The van der Waals surface area contributed by atoms with Crippen molar-refractivity contribution >= 4 is 34.7 Å². The average Bonchev–Trinajstić information content (AvgIpc) is 2.82. The molecule has 4 nitrogen and oxygen atoms in total. The Morgan fingerprint density at radius 2 is 1.62 bits per heavy atom. The van der Waals surface area contributed by atoms with E-state index in [1.165, 1.54) is 6.07 Å². The Labute approximate surface area is 154 Å². The van der Waals surface area contributed by atoms with Crippen LogP contribution in [0.5, 0.6) is 0 Å². The number of nitrogens with zero attached hydrogens (tertiary/aromatic N) is 1. The van der Waals surface area contributed by atoms with E-state index >= 15 is 0 Å². The Bertz CT molecular complexity index is 924. The molecule has 134 valence electrons. The van der Waals surface area contributed by atoms with Gasteiger partial charge in [0.1, 0.15) is 5.70 Å². The lowest BCUT2D eigenvalue weighted by Crippen LogP contribution is -2.38. The number of carbonyl (C=O) groups is 2. The van der Waals surface area contributed by atoms with Crippen molar-refractivity contribution in [1.29, 1.82) is 0 Å². The van der Waals surface area contributed by atoms with Crippen molar-refractivity contribution in [2.75, 3.05) is 5.32 Å². The molecule has 0 bridgehead atoms. The number of amides is 2. The zero-order valence-electron chi connectivity index (χ0n) is 14.0. The van der Waals surface area contributed by atoms with E-state index in [1.54, 1.807) is 38.1 Å². The van der Waals surface area contributed by atoms with Gasteiger partial charge in [0.15, 0.2) is 11.6 Å². The second kappa shape index (κ2) is 6.88. The molecule has 2 aromatic carbocycles. The predicted octanol–water partition coefficient (Wildman–Crippen LogP) is 4.22. The molecule has 3 rings (SSSR count). The summed E-state index contributed by atoms with van der Waals surface area (Å²) in [6, 6.07) is 9.27. The van der Waals surface area contributed by atoms with E-state index in [4.69, 9.17) is 11.6 Å². The van der Waals surface area contributed by atoms with Crippen LogP contribution in [0, 0.1) is 11.6 Å². The van der Waals surface area contributed by atoms with Gasteiger partial charge in [-0.2, -0.15) is 0 Å². The maximum absolute atomic E-state index is 13.5. The van der Waals surface area contributed by atoms with Gasteiger partial charge in [0.25, 0.3) is 11.8 Å². The summed E-state index contributed by atoms with van der Waals surface area (Å²) in [6.45, 7) is 3.44. The molecule has 0 atom stereocenters. The smallest absolute Gasteiger partial charge is 0.278 e. The van der Waals surface area contributed by atoms with Crippen molar-refractivity contribution in [3.63, 3.8) is 0 Å². The highest BCUT2D eigenvalue weighted by atomic mass is 35.5. The largest absolute Gasteiger partial charge is 0.350 e. The molecule has 0 saturated carbocycles. The highest BCUT2D eigenvalue weighted by Crippen LogP contribution is 2.32. The number of imide groups is 1. The molecule has 1 aliphatic heterocycles. The molecule has 2 aromatic rings. The second-order valence-electron chi connectivity index (χ2n) is 6.08. The zero-order chi connectivity index (χ0) is 19.0. The number of halogens is 3. The second-order valence-corrected chi connectivity index (χ2v) is 6.52. The molecule has 26 heavy (non-hydrogen) atoms. The van der Waals surface area contributed by atoms with Gasteiger partial charge in [-0.05, 0) is 43.7 Å². The molecule has 0 aliphatic carbocycles. The molecule has 0 aromatic heterocycles. The van der Waals surface area contributed by atoms with E-state index in [9.17, 15) is 18.4 Å². The number of benzene rings is 2. The lowest BCUT2D eigenvalue weighted by molar-refractivity contribution is -0.138. The van der Waals surface area contributed by atoms with E-state index in [-0.39, 0.29) is 23.0 Å². The summed E-state index contributed by atoms with van der Waals surface area (Å²) in [5.74, 6) is -3.04. The van der Waals surface area contributed by atoms with Gasteiger partial charge in [0.2, 0.25) is 0 Å². The van der Waals surface area contributed by atoms with Crippen LogP contribution in [0.1, 0.15) is 19.4 Å². The Balaban J connectivity index is 2.10. The molecule has 0 spiro atoms. The van der Waals surface area contributed by atoms with E-state index in [0.29, 0.717) is 10.6 Å². The Hall–Kier alpha value is -2.73. The molecule has 1 N–H and O–H groups in total. The normalized spacial score (nSPS) is 14.6. The maximum Gasteiger partial charge on any atom is 0.278 e. The molecule has 0 saturated heterocycles. The van der Waals surface area contributed by atoms with Crippen molar-refractivity contribution in [2.24, 2.45) is 0 Å². The lowest BCUT2D eigenvalue weighted by atomic mass is 10.0. The number of rotatable bonds is 4. The maximum atomic E-state index is 13.5. The van der Waals surface area contributed by atoms with Crippen molar-refractivity contribution in [3.8, 4) is 0 Å². The van der Waals surface area contributed by atoms with Crippen LogP contribution in [0.2, 0.25) is 5.02 Å². The first-order valence-electron chi connectivity index (χ1n) is 7.89. The molecule has 7 heteroatoms. The molecule has 0 unspecified atom stereocenters. The van der Waals surface area contributed by atoms with Crippen LogP contribution in [0.15, 0.2) is 48.2 Å². The molecule has 0 fully saturated rings. The number of carbonyl (C=O) groups excluding carboxylic acids is 2. The minimum atomic E-state index is -1.05. The summed E-state index contributed by atoms with van der Waals surface area (Å²) in [6.07, 6.45) is 0. The van der Waals surface area contributed by atoms with Crippen molar-refractivity contribution in [2.45, 2.75) is 19.9 Å². The van der Waals surface area contributed by atoms with E-state index in [0.717, 1.165) is 17.0 Å². The molecule has 2 amide bonds. The van der Waals surface area contributed by atoms with Crippen LogP contribution >= 0.6 is 11.6 Å². The molecule has 1 heterocycles. The summed E-state index contributed by atoms with van der Waals surface area (Å²) in [7, 11) is 0. The van der Waals surface area contributed by atoms with Crippen LogP contribution in [-0.2, 0) is 9.59 Å². The lowest BCUT2D eigenvalue weighted by Gasteiger charge is -2.19. The fraction of sp³-hybridized carbons (Fsp3) is 0.158. The first kappa shape index (κ1) is 18.1. The number of nitrogens with one attached hydrogen (secondary N) is 1. The van der Waals surface area contributed by atoms with Crippen LogP contribution in [0.4, 0.5) is 14.5 Å². The standard InChI is InChI=1S/C19H15ClF2N2O2/c1-10(2)24-18(25)16(11-3-5-12(20)6-4-11)17(19(24)26)23-13-7-8-14(21)15(22)9-13/h3-10,23H,1-2H3. The molecular formula is C19H15ClF2N2O2. The van der Waals surface area contributed by atoms with Gasteiger partial charge in [-0.3, -0.25) is 14.5 Å². The first-order valence-corrected chi connectivity index (χ1v) is 8.27. The zero-order valence-corrected chi connectivity index (χ0v) is 14.8. The van der Waals surface area contributed by atoms with E-state index in [2.05, 4.69) is 5.32 Å². The first-order chi connectivity index (χ1) is 12.3. The van der Waals surface area contributed by atoms with Gasteiger partial charge in [-0.25, -0.2) is 8.78 Å². The highest BCUT2D eigenvalue weighted by Gasteiger charge is 2.40. The highest BCUT2D eigenvalue weighted by molar-refractivity contribution is 6.37. The monoisotopic (exact) mass is 376 g/mol. The summed E-state index contributed by atoms with van der Waals surface area (Å²) in [5, 5.41) is 3.25.